The van der Waals surface area contributed by atoms with Gasteiger partial charge < -0.3 is 10.1 Å². The molecule has 2 aromatic heterocycles. The summed E-state index contributed by atoms with van der Waals surface area (Å²) in [6, 6.07) is 5.09. The van der Waals surface area contributed by atoms with Crippen molar-refractivity contribution in [1.29, 1.82) is 0 Å². The molecule has 0 bridgehead atoms. The Hall–Kier alpha value is -1.85. The quantitative estimate of drug-likeness (QED) is 0.858. The second-order valence-electron chi connectivity index (χ2n) is 4.08. The highest BCUT2D eigenvalue weighted by atomic mass is 35.5. The minimum atomic E-state index is -0.299. The summed E-state index contributed by atoms with van der Waals surface area (Å²) in [6.45, 7) is 2.68. The van der Waals surface area contributed by atoms with Crippen LogP contribution >= 0.6 is 23.2 Å². The van der Waals surface area contributed by atoms with Gasteiger partial charge in [-0.2, -0.15) is 0 Å². The molecule has 0 saturated carbocycles. The first-order valence-corrected chi connectivity index (χ1v) is 7.03. The molecule has 0 aliphatic rings. The lowest BCUT2D eigenvalue weighted by atomic mass is 10.2. The summed E-state index contributed by atoms with van der Waals surface area (Å²) in [4.78, 5) is 20.0. The number of carbonyl (C=O) groups is 1. The maximum atomic E-state index is 12.0. The van der Waals surface area contributed by atoms with E-state index in [4.69, 9.17) is 27.9 Å². The third-order valence-corrected chi connectivity index (χ3v) is 3.31. The average molecular weight is 326 g/mol. The Balaban J connectivity index is 2.05. The van der Waals surface area contributed by atoms with Gasteiger partial charge in [-0.3, -0.25) is 4.79 Å². The van der Waals surface area contributed by atoms with Gasteiger partial charge in [-0.1, -0.05) is 29.3 Å². The van der Waals surface area contributed by atoms with E-state index in [0.29, 0.717) is 24.6 Å². The van der Waals surface area contributed by atoms with Gasteiger partial charge in [-0.25, -0.2) is 9.97 Å². The van der Waals surface area contributed by atoms with Crippen LogP contribution in [0.25, 0.3) is 0 Å². The van der Waals surface area contributed by atoms with Gasteiger partial charge >= 0.3 is 0 Å². The van der Waals surface area contributed by atoms with Crippen molar-refractivity contribution in [1.82, 2.24) is 15.3 Å². The fourth-order valence-corrected chi connectivity index (χ4v) is 1.92. The molecule has 1 N–H and O–H groups in total. The second-order valence-corrected chi connectivity index (χ2v) is 4.85. The standard InChI is InChI=1S/C14H13Cl2N3O2/c1-2-21-14-9(4-3-5-17-14)7-19-13(20)10-6-11(15)12(16)18-8-10/h3-6,8H,2,7H2,1H3,(H,19,20). The van der Waals surface area contributed by atoms with Gasteiger partial charge in [0.1, 0.15) is 5.15 Å². The van der Waals surface area contributed by atoms with E-state index in [1.54, 1.807) is 12.3 Å². The molecule has 5 nitrogen and oxygen atoms in total. The summed E-state index contributed by atoms with van der Waals surface area (Å²) in [5.41, 5.74) is 1.13. The van der Waals surface area contributed by atoms with Crippen molar-refractivity contribution >= 4 is 29.1 Å². The van der Waals surface area contributed by atoms with Crippen LogP contribution in [0.1, 0.15) is 22.8 Å². The van der Waals surface area contributed by atoms with E-state index in [1.807, 2.05) is 13.0 Å². The Morgan fingerprint density at radius 1 is 1.38 bits per heavy atom. The summed E-state index contributed by atoms with van der Waals surface area (Å²) in [7, 11) is 0. The van der Waals surface area contributed by atoms with E-state index in [9.17, 15) is 4.79 Å². The monoisotopic (exact) mass is 325 g/mol. The number of nitrogens with one attached hydrogen (secondary N) is 1. The first-order chi connectivity index (χ1) is 10.1. The minimum absolute atomic E-state index is 0.166. The molecule has 0 aliphatic carbocycles. The third kappa shape index (κ3) is 4.06. The van der Waals surface area contributed by atoms with Crippen LogP contribution in [0.3, 0.4) is 0 Å². The van der Waals surface area contributed by atoms with Gasteiger partial charge in [0.15, 0.2) is 0 Å². The number of rotatable bonds is 5. The SMILES string of the molecule is CCOc1ncccc1CNC(=O)c1cnc(Cl)c(Cl)c1. The van der Waals surface area contributed by atoms with Gasteiger partial charge in [0.2, 0.25) is 5.88 Å². The number of amides is 1. The lowest BCUT2D eigenvalue weighted by Gasteiger charge is -2.10. The molecule has 2 heterocycles. The highest BCUT2D eigenvalue weighted by molar-refractivity contribution is 6.41. The molecule has 0 unspecified atom stereocenters. The van der Waals surface area contributed by atoms with Gasteiger partial charge in [0.05, 0.1) is 17.2 Å². The fourth-order valence-electron chi connectivity index (χ4n) is 1.65. The molecule has 0 aliphatic heterocycles. The van der Waals surface area contributed by atoms with Crippen molar-refractivity contribution in [3.05, 3.63) is 51.9 Å². The van der Waals surface area contributed by atoms with Crippen molar-refractivity contribution in [3.63, 3.8) is 0 Å². The Labute approximate surface area is 132 Å². The lowest BCUT2D eigenvalue weighted by molar-refractivity contribution is 0.0950. The van der Waals surface area contributed by atoms with Crippen LogP contribution < -0.4 is 10.1 Å². The molecule has 21 heavy (non-hydrogen) atoms. The number of pyridine rings is 2. The van der Waals surface area contributed by atoms with Crippen LogP contribution in [0, 0.1) is 0 Å². The number of halogens is 2. The van der Waals surface area contributed by atoms with Crippen LogP contribution in [0.2, 0.25) is 10.2 Å². The average Bonchev–Trinajstić information content (AvgIpc) is 2.49. The molecule has 0 spiro atoms. The summed E-state index contributed by atoms with van der Waals surface area (Å²) < 4.78 is 5.40. The number of nitrogens with zero attached hydrogens (tertiary/aromatic N) is 2. The molecular formula is C14H13Cl2N3O2. The zero-order chi connectivity index (χ0) is 15.2. The minimum Gasteiger partial charge on any atom is -0.478 e. The second kappa shape index (κ2) is 7.24. The fraction of sp³-hybridized carbons (Fsp3) is 0.214. The van der Waals surface area contributed by atoms with Crippen molar-refractivity contribution in [2.75, 3.05) is 6.61 Å². The Morgan fingerprint density at radius 2 is 2.19 bits per heavy atom. The summed E-state index contributed by atoms with van der Waals surface area (Å²) in [5, 5.41) is 3.16. The largest absolute Gasteiger partial charge is 0.478 e. The zero-order valence-electron chi connectivity index (χ0n) is 11.3. The highest BCUT2D eigenvalue weighted by Crippen LogP contribution is 2.20. The van der Waals surface area contributed by atoms with Gasteiger partial charge in [0, 0.05) is 24.5 Å². The van der Waals surface area contributed by atoms with E-state index in [-0.39, 0.29) is 16.1 Å². The Bertz CT molecular complexity index is 650. The Kier molecular flexibility index (Phi) is 5.36. The molecule has 0 atom stereocenters. The highest BCUT2D eigenvalue weighted by Gasteiger charge is 2.10. The van der Waals surface area contributed by atoms with E-state index in [2.05, 4.69) is 15.3 Å². The molecule has 0 radical (unpaired) electrons. The predicted octanol–water partition coefficient (Wildman–Crippen LogP) is 3.11. The number of aromatic nitrogens is 2. The van der Waals surface area contributed by atoms with Crippen molar-refractivity contribution in [2.45, 2.75) is 13.5 Å². The van der Waals surface area contributed by atoms with E-state index in [0.717, 1.165) is 5.56 Å². The van der Waals surface area contributed by atoms with E-state index >= 15 is 0 Å². The molecule has 2 aromatic rings. The lowest BCUT2D eigenvalue weighted by Crippen LogP contribution is -2.23. The molecule has 0 saturated heterocycles. The van der Waals surface area contributed by atoms with E-state index < -0.39 is 0 Å². The summed E-state index contributed by atoms with van der Waals surface area (Å²) in [5.74, 6) is 0.208. The Morgan fingerprint density at radius 3 is 2.90 bits per heavy atom. The molecule has 1 amide bonds. The molecule has 110 valence electrons. The van der Waals surface area contributed by atoms with Gasteiger partial charge in [-0.15, -0.1) is 0 Å². The molecule has 0 fully saturated rings. The van der Waals surface area contributed by atoms with Crippen LogP contribution in [-0.4, -0.2) is 22.5 Å². The molecule has 0 aromatic carbocycles. The number of hydrogen-bond acceptors (Lipinski definition) is 4. The smallest absolute Gasteiger partial charge is 0.253 e. The van der Waals surface area contributed by atoms with Crippen molar-refractivity contribution in [2.24, 2.45) is 0 Å². The summed E-state index contributed by atoms with van der Waals surface area (Å²) >= 11 is 11.6. The summed E-state index contributed by atoms with van der Waals surface area (Å²) in [6.07, 6.45) is 3.01. The maximum Gasteiger partial charge on any atom is 0.253 e. The predicted molar refractivity (Wildman–Crippen MR) is 80.8 cm³/mol. The van der Waals surface area contributed by atoms with Crippen LogP contribution in [-0.2, 0) is 6.54 Å². The van der Waals surface area contributed by atoms with Crippen LogP contribution in [0.4, 0.5) is 0 Å². The first-order valence-electron chi connectivity index (χ1n) is 6.27. The first kappa shape index (κ1) is 15.5. The number of carbonyl (C=O) groups excluding carboxylic acids is 1. The van der Waals surface area contributed by atoms with Gasteiger partial charge in [-0.05, 0) is 19.1 Å². The zero-order valence-corrected chi connectivity index (χ0v) is 12.8. The number of ether oxygens (including phenoxy) is 1. The molecule has 2 rings (SSSR count). The van der Waals surface area contributed by atoms with Crippen LogP contribution in [0.15, 0.2) is 30.6 Å². The van der Waals surface area contributed by atoms with Crippen molar-refractivity contribution in [3.8, 4) is 5.88 Å². The van der Waals surface area contributed by atoms with Crippen molar-refractivity contribution < 1.29 is 9.53 Å². The molecular weight excluding hydrogens is 313 g/mol. The van der Waals surface area contributed by atoms with E-state index in [1.165, 1.54) is 12.3 Å². The topological polar surface area (TPSA) is 64.1 Å². The normalized spacial score (nSPS) is 10.2. The molecule has 7 heteroatoms. The third-order valence-electron chi connectivity index (χ3n) is 2.63. The van der Waals surface area contributed by atoms with Gasteiger partial charge in [0.25, 0.3) is 5.91 Å². The number of hydrogen-bond donors (Lipinski definition) is 1. The maximum absolute atomic E-state index is 12.0. The van der Waals surface area contributed by atoms with Crippen LogP contribution in [0.5, 0.6) is 5.88 Å².